The van der Waals surface area contributed by atoms with Gasteiger partial charge in [-0.05, 0) is 24.3 Å². The van der Waals surface area contributed by atoms with Crippen molar-refractivity contribution in [2.45, 2.75) is 0 Å². The van der Waals surface area contributed by atoms with E-state index >= 15 is 0 Å². The third-order valence-electron chi connectivity index (χ3n) is 2.42. The summed E-state index contributed by atoms with van der Waals surface area (Å²) in [5.74, 6) is -0.888. The van der Waals surface area contributed by atoms with Crippen LogP contribution in [0.15, 0.2) is 36.7 Å². The molecular weight excluding hydrogens is 233 g/mol. The number of hydrogen-bond donors (Lipinski definition) is 1. The predicted octanol–water partition coefficient (Wildman–Crippen LogP) is 2.97. The first-order valence-corrected chi connectivity index (χ1v) is 5.20. The van der Waals surface area contributed by atoms with E-state index in [1.54, 1.807) is 23.0 Å². The summed E-state index contributed by atoms with van der Waals surface area (Å²) in [5, 5.41) is 2.61. The molecule has 0 aliphatic heterocycles. The summed E-state index contributed by atoms with van der Waals surface area (Å²) in [6, 6.07) is 5.57. The van der Waals surface area contributed by atoms with Gasteiger partial charge >= 0.3 is 0 Å². The van der Waals surface area contributed by atoms with E-state index in [1.165, 1.54) is 12.1 Å². The van der Waals surface area contributed by atoms with Crippen LogP contribution in [0.3, 0.4) is 0 Å². The lowest BCUT2D eigenvalue weighted by molar-refractivity contribution is 0.102. The maximum atomic E-state index is 13.1. The fourth-order valence-electron chi connectivity index (χ4n) is 1.52. The number of aromatic nitrogens is 1. The van der Waals surface area contributed by atoms with E-state index in [0.717, 1.165) is 6.07 Å². The van der Waals surface area contributed by atoms with Crippen molar-refractivity contribution in [3.63, 3.8) is 0 Å². The molecule has 0 saturated carbocycles. The van der Waals surface area contributed by atoms with E-state index in [4.69, 9.17) is 6.57 Å². The highest BCUT2D eigenvalue weighted by molar-refractivity contribution is 6.04. The average molecular weight is 243 g/mol. The molecule has 4 nitrogen and oxygen atoms in total. The third-order valence-corrected chi connectivity index (χ3v) is 2.42. The molecule has 0 spiro atoms. The van der Waals surface area contributed by atoms with Crippen LogP contribution in [-0.4, -0.2) is 10.5 Å². The molecule has 1 aromatic carbocycles. The van der Waals surface area contributed by atoms with E-state index in [0.29, 0.717) is 11.3 Å². The molecule has 0 saturated heterocycles. The number of rotatable bonds is 2. The standard InChI is InChI=1S/C13H10FN3O/c1-15-12-7-10(3-4-11(12)14)16-13(18)9-5-6-17(2)8-9/h3-8H,2H3,(H,16,18). The molecule has 2 aromatic rings. The Kier molecular flexibility index (Phi) is 3.11. The molecule has 1 heterocycles. The quantitative estimate of drug-likeness (QED) is 0.809. The maximum absolute atomic E-state index is 13.1. The highest BCUT2D eigenvalue weighted by Crippen LogP contribution is 2.22. The lowest BCUT2D eigenvalue weighted by atomic mass is 10.2. The first-order chi connectivity index (χ1) is 8.60. The van der Waals surface area contributed by atoms with E-state index in [2.05, 4.69) is 10.2 Å². The van der Waals surface area contributed by atoms with Crippen LogP contribution in [0, 0.1) is 12.4 Å². The third kappa shape index (κ3) is 2.38. The normalized spacial score (nSPS) is 9.83. The Morgan fingerprint density at radius 1 is 1.44 bits per heavy atom. The zero-order chi connectivity index (χ0) is 13.1. The summed E-state index contributed by atoms with van der Waals surface area (Å²) in [7, 11) is 1.81. The van der Waals surface area contributed by atoms with Crippen molar-refractivity contribution in [3.05, 3.63) is 59.5 Å². The molecule has 90 valence electrons. The monoisotopic (exact) mass is 243 g/mol. The van der Waals surface area contributed by atoms with Crippen molar-refractivity contribution in [1.82, 2.24) is 4.57 Å². The maximum Gasteiger partial charge on any atom is 0.257 e. The summed E-state index contributed by atoms with van der Waals surface area (Å²) >= 11 is 0. The Bertz CT molecular complexity index is 640. The van der Waals surface area contributed by atoms with Crippen LogP contribution in [-0.2, 0) is 7.05 Å². The fourth-order valence-corrected chi connectivity index (χ4v) is 1.52. The van der Waals surface area contributed by atoms with E-state index in [1.807, 2.05) is 7.05 Å². The lowest BCUT2D eigenvalue weighted by Gasteiger charge is -2.04. The van der Waals surface area contributed by atoms with Crippen molar-refractivity contribution in [3.8, 4) is 0 Å². The van der Waals surface area contributed by atoms with Crippen molar-refractivity contribution >= 4 is 17.3 Å². The second-order valence-electron chi connectivity index (χ2n) is 3.80. The Morgan fingerprint density at radius 2 is 2.22 bits per heavy atom. The summed E-state index contributed by atoms with van der Waals surface area (Å²) in [6.45, 7) is 6.80. The van der Waals surface area contributed by atoms with Crippen molar-refractivity contribution in [2.24, 2.45) is 7.05 Å². The number of carbonyl (C=O) groups is 1. The smallest absolute Gasteiger partial charge is 0.257 e. The molecule has 1 N–H and O–H groups in total. The summed E-state index contributed by atoms with van der Waals surface area (Å²) in [5.41, 5.74) is 0.795. The Labute approximate surface area is 103 Å². The Hall–Kier alpha value is -2.61. The van der Waals surface area contributed by atoms with Gasteiger partial charge in [0.2, 0.25) is 5.69 Å². The number of halogens is 1. The van der Waals surface area contributed by atoms with Crippen molar-refractivity contribution in [1.29, 1.82) is 0 Å². The zero-order valence-electron chi connectivity index (χ0n) is 9.64. The number of nitrogens with one attached hydrogen (secondary N) is 1. The van der Waals surface area contributed by atoms with Gasteiger partial charge < -0.3 is 9.88 Å². The molecule has 0 aliphatic rings. The number of amides is 1. The van der Waals surface area contributed by atoms with Gasteiger partial charge in [-0.3, -0.25) is 4.79 Å². The van der Waals surface area contributed by atoms with E-state index in [9.17, 15) is 9.18 Å². The van der Waals surface area contributed by atoms with Gasteiger partial charge in [0.05, 0.1) is 12.1 Å². The second-order valence-corrected chi connectivity index (χ2v) is 3.80. The van der Waals surface area contributed by atoms with Gasteiger partial charge in [-0.25, -0.2) is 9.24 Å². The minimum atomic E-state index is -0.595. The molecule has 0 aliphatic carbocycles. The van der Waals surface area contributed by atoms with Crippen molar-refractivity contribution < 1.29 is 9.18 Å². The van der Waals surface area contributed by atoms with Crippen LogP contribution in [0.1, 0.15) is 10.4 Å². The lowest BCUT2D eigenvalue weighted by Crippen LogP contribution is -2.10. The van der Waals surface area contributed by atoms with E-state index < -0.39 is 5.82 Å². The van der Waals surface area contributed by atoms with E-state index in [-0.39, 0.29) is 11.6 Å². The number of carbonyl (C=O) groups excluding carboxylic acids is 1. The van der Waals surface area contributed by atoms with Crippen molar-refractivity contribution in [2.75, 3.05) is 5.32 Å². The van der Waals surface area contributed by atoms with Gasteiger partial charge in [0.1, 0.15) is 5.82 Å². The summed E-state index contributed by atoms with van der Waals surface area (Å²) in [4.78, 5) is 14.9. The number of hydrogen-bond acceptors (Lipinski definition) is 1. The predicted molar refractivity (Wildman–Crippen MR) is 66.0 cm³/mol. The number of aryl methyl sites for hydroxylation is 1. The van der Waals surface area contributed by atoms with Crippen LogP contribution in [0.5, 0.6) is 0 Å². The van der Waals surface area contributed by atoms with Gasteiger partial charge in [0, 0.05) is 25.1 Å². The van der Waals surface area contributed by atoms with Gasteiger partial charge in [-0.2, -0.15) is 0 Å². The Morgan fingerprint density at radius 3 is 2.83 bits per heavy atom. The van der Waals surface area contributed by atoms with Crippen LogP contribution < -0.4 is 5.32 Å². The molecular formula is C13H10FN3O. The minimum absolute atomic E-state index is 0.110. The fraction of sp³-hybridized carbons (Fsp3) is 0.0769. The first kappa shape index (κ1) is 11.9. The molecule has 5 heteroatoms. The zero-order valence-corrected chi connectivity index (χ0v) is 9.64. The Balaban J connectivity index is 2.20. The van der Waals surface area contributed by atoms with Gasteiger partial charge in [-0.15, -0.1) is 0 Å². The number of nitrogens with zero attached hydrogens (tertiary/aromatic N) is 2. The second kappa shape index (κ2) is 4.72. The molecule has 0 radical (unpaired) electrons. The average Bonchev–Trinajstić information content (AvgIpc) is 2.78. The molecule has 1 aromatic heterocycles. The first-order valence-electron chi connectivity index (χ1n) is 5.20. The SMILES string of the molecule is [C-]#[N+]c1cc(NC(=O)c2ccn(C)c2)ccc1F. The number of anilines is 1. The van der Waals surface area contributed by atoms with Crippen LogP contribution in [0.25, 0.3) is 4.85 Å². The van der Waals surface area contributed by atoms with Gasteiger partial charge in [-0.1, -0.05) is 0 Å². The molecule has 2 rings (SSSR count). The highest BCUT2D eigenvalue weighted by atomic mass is 19.1. The molecule has 0 fully saturated rings. The molecule has 0 unspecified atom stereocenters. The minimum Gasteiger partial charge on any atom is -0.356 e. The number of benzene rings is 1. The largest absolute Gasteiger partial charge is 0.356 e. The summed E-state index contributed by atoms with van der Waals surface area (Å²) in [6.07, 6.45) is 3.43. The molecule has 18 heavy (non-hydrogen) atoms. The highest BCUT2D eigenvalue weighted by Gasteiger charge is 2.09. The van der Waals surface area contributed by atoms with Gasteiger partial charge in [0.25, 0.3) is 5.91 Å². The summed E-state index contributed by atoms with van der Waals surface area (Å²) < 4.78 is 14.9. The molecule has 0 bridgehead atoms. The van der Waals surface area contributed by atoms with Crippen LogP contribution in [0.2, 0.25) is 0 Å². The molecule has 0 atom stereocenters. The topological polar surface area (TPSA) is 38.4 Å². The van der Waals surface area contributed by atoms with Gasteiger partial charge in [0.15, 0.2) is 0 Å². The molecule has 1 amide bonds. The van der Waals surface area contributed by atoms with Crippen LogP contribution >= 0.6 is 0 Å². The van der Waals surface area contributed by atoms with Crippen LogP contribution in [0.4, 0.5) is 15.8 Å².